The van der Waals surface area contributed by atoms with E-state index in [-0.39, 0.29) is 5.75 Å². The van der Waals surface area contributed by atoms with Crippen molar-refractivity contribution < 1.29 is 23.9 Å². The molecule has 2 N–H and O–H groups in total. The average Bonchev–Trinajstić information content (AvgIpc) is 2.58. The second-order valence-electron chi connectivity index (χ2n) is 7.99. The van der Waals surface area contributed by atoms with Crippen LogP contribution in [0.2, 0.25) is 0 Å². The number of carbonyl (C=O) groups is 1. The van der Waals surface area contributed by atoms with Crippen molar-refractivity contribution in [3.63, 3.8) is 0 Å². The zero-order valence-electron chi connectivity index (χ0n) is 15.4. The summed E-state index contributed by atoms with van der Waals surface area (Å²) in [5, 5.41) is 12.5. The van der Waals surface area contributed by atoms with E-state index in [1.165, 1.54) is 12.1 Å². The summed E-state index contributed by atoms with van der Waals surface area (Å²) in [5.74, 6) is 0.0643. The van der Waals surface area contributed by atoms with Crippen molar-refractivity contribution in [2.24, 2.45) is 0 Å². The van der Waals surface area contributed by atoms with Gasteiger partial charge in [-0.15, -0.1) is 0 Å². The Morgan fingerprint density at radius 3 is 2.21 bits per heavy atom. The van der Waals surface area contributed by atoms with Gasteiger partial charge in [0.2, 0.25) is 0 Å². The number of phenolic OH excluding ortho intramolecular Hbond substituents is 1. The highest BCUT2D eigenvalue weighted by Crippen LogP contribution is 2.37. The standard InChI is InChI=1S/C17H26BNO5/c1-15(2,3)22-14(21)19-13-9-8-11(20)10-12(13)18-23-16(4,5)17(6,7)24-18/h8-10,20H,1-7H3,(H,19,21). The van der Waals surface area contributed by atoms with E-state index in [4.69, 9.17) is 14.0 Å². The van der Waals surface area contributed by atoms with Crippen molar-refractivity contribution >= 4 is 24.4 Å². The number of benzene rings is 1. The second-order valence-corrected chi connectivity index (χ2v) is 7.99. The number of rotatable bonds is 2. The summed E-state index contributed by atoms with van der Waals surface area (Å²) in [4.78, 5) is 12.1. The Hall–Kier alpha value is -1.73. The highest BCUT2D eigenvalue weighted by molar-refractivity contribution is 6.64. The topological polar surface area (TPSA) is 77.0 Å². The maximum Gasteiger partial charge on any atom is 0.497 e. The van der Waals surface area contributed by atoms with Crippen LogP contribution in [-0.4, -0.2) is 35.1 Å². The quantitative estimate of drug-likeness (QED) is 0.642. The summed E-state index contributed by atoms with van der Waals surface area (Å²) in [6.45, 7) is 13.1. The number of amides is 1. The van der Waals surface area contributed by atoms with Gasteiger partial charge < -0.3 is 19.2 Å². The third-order valence-electron chi connectivity index (χ3n) is 4.18. The van der Waals surface area contributed by atoms with Crippen LogP contribution < -0.4 is 10.8 Å². The van der Waals surface area contributed by atoms with E-state index in [1.807, 2.05) is 27.7 Å². The van der Waals surface area contributed by atoms with Crippen molar-refractivity contribution in [2.75, 3.05) is 5.32 Å². The predicted octanol–water partition coefficient (Wildman–Crippen LogP) is 3.04. The lowest BCUT2D eigenvalue weighted by molar-refractivity contribution is 0.00578. The van der Waals surface area contributed by atoms with E-state index in [1.54, 1.807) is 26.8 Å². The monoisotopic (exact) mass is 335 g/mol. The lowest BCUT2D eigenvalue weighted by Crippen LogP contribution is -2.41. The number of aromatic hydroxyl groups is 1. The molecule has 6 nitrogen and oxygen atoms in total. The fraction of sp³-hybridized carbons (Fsp3) is 0.588. The molecule has 1 saturated heterocycles. The summed E-state index contributed by atoms with van der Waals surface area (Å²) in [7, 11) is -0.702. The van der Waals surface area contributed by atoms with Crippen molar-refractivity contribution in [1.29, 1.82) is 0 Å². The third kappa shape index (κ3) is 4.02. The molecule has 0 unspecified atom stereocenters. The predicted molar refractivity (Wildman–Crippen MR) is 93.7 cm³/mol. The molecule has 0 aromatic heterocycles. The smallest absolute Gasteiger partial charge is 0.497 e. The Bertz CT molecular complexity index is 620. The summed E-state index contributed by atoms with van der Waals surface area (Å²) >= 11 is 0. The first-order valence-corrected chi connectivity index (χ1v) is 7.99. The lowest BCUT2D eigenvalue weighted by atomic mass is 9.77. The maximum absolute atomic E-state index is 12.1. The van der Waals surface area contributed by atoms with Gasteiger partial charge in [-0.3, -0.25) is 5.32 Å². The van der Waals surface area contributed by atoms with Crippen LogP contribution in [0.4, 0.5) is 10.5 Å². The van der Waals surface area contributed by atoms with Crippen LogP contribution >= 0.6 is 0 Å². The van der Waals surface area contributed by atoms with Crippen LogP contribution in [0.15, 0.2) is 18.2 Å². The van der Waals surface area contributed by atoms with Gasteiger partial charge in [0.1, 0.15) is 11.4 Å². The molecule has 1 aromatic carbocycles. The molecule has 132 valence electrons. The fourth-order valence-corrected chi connectivity index (χ4v) is 2.24. The van der Waals surface area contributed by atoms with Crippen molar-refractivity contribution in [1.82, 2.24) is 0 Å². The SMILES string of the molecule is CC(C)(C)OC(=O)Nc1ccc(O)cc1B1OC(C)(C)C(C)(C)O1. The van der Waals surface area contributed by atoms with Crippen molar-refractivity contribution in [2.45, 2.75) is 65.3 Å². The average molecular weight is 335 g/mol. The normalized spacial score (nSPS) is 19.2. The van der Waals surface area contributed by atoms with Gasteiger partial charge in [-0.1, -0.05) is 0 Å². The molecule has 7 heteroatoms. The summed E-state index contributed by atoms with van der Waals surface area (Å²) in [6.07, 6.45) is -0.578. The van der Waals surface area contributed by atoms with Gasteiger partial charge in [0.25, 0.3) is 0 Å². The van der Waals surface area contributed by atoms with Crippen molar-refractivity contribution in [3.8, 4) is 5.75 Å². The van der Waals surface area contributed by atoms with E-state index in [9.17, 15) is 9.90 Å². The van der Waals surface area contributed by atoms with E-state index in [2.05, 4.69) is 5.32 Å². The minimum Gasteiger partial charge on any atom is -0.508 e. The molecule has 0 saturated carbocycles. The van der Waals surface area contributed by atoms with Crippen LogP contribution in [0, 0.1) is 0 Å². The number of anilines is 1. The largest absolute Gasteiger partial charge is 0.508 e. The number of ether oxygens (including phenoxy) is 1. The summed E-state index contributed by atoms with van der Waals surface area (Å²) in [5.41, 5.74) is -0.635. The van der Waals surface area contributed by atoms with Crippen LogP contribution in [-0.2, 0) is 14.0 Å². The fourth-order valence-electron chi connectivity index (χ4n) is 2.24. The molecule has 0 atom stereocenters. The molecule has 2 rings (SSSR count). The Balaban J connectivity index is 2.28. The van der Waals surface area contributed by atoms with Gasteiger partial charge in [-0.2, -0.15) is 0 Å². The van der Waals surface area contributed by atoms with Gasteiger partial charge >= 0.3 is 13.2 Å². The van der Waals surface area contributed by atoms with Crippen LogP contribution in [0.3, 0.4) is 0 Å². The maximum atomic E-state index is 12.1. The lowest BCUT2D eigenvalue weighted by Gasteiger charge is -2.32. The Morgan fingerprint density at radius 1 is 1.17 bits per heavy atom. The van der Waals surface area contributed by atoms with Gasteiger partial charge in [0.05, 0.1) is 11.2 Å². The second kappa shape index (κ2) is 5.97. The number of hydrogen-bond donors (Lipinski definition) is 2. The molecule has 0 bridgehead atoms. The van der Waals surface area contributed by atoms with Gasteiger partial charge in [-0.25, -0.2) is 4.79 Å². The van der Waals surface area contributed by atoms with E-state index in [0.717, 1.165) is 0 Å². The van der Waals surface area contributed by atoms with Crippen LogP contribution in [0.25, 0.3) is 0 Å². The zero-order chi connectivity index (χ0) is 18.3. The van der Waals surface area contributed by atoms with Gasteiger partial charge in [-0.05, 0) is 66.7 Å². The zero-order valence-corrected chi connectivity index (χ0v) is 15.4. The highest BCUT2D eigenvalue weighted by Gasteiger charge is 2.52. The number of nitrogens with one attached hydrogen (secondary N) is 1. The molecule has 0 spiro atoms. The minimum absolute atomic E-state index is 0.0643. The molecule has 1 fully saturated rings. The van der Waals surface area contributed by atoms with Crippen molar-refractivity contribution in [3.05, 3.63) is 18.2 Å². The number of hydrogen-bond acceptors (Lipinski definition) is 5. The molecule has 0 aliphatic carbocycles. The number of phenols is 1. The Morgan fingerprint density at radius 2 is 1.71 bits per heavy atom. The molecular formula is C17H26BNO5. The summed E-state index contributed by atoms with van der Waals surface area (Å²) in [6, 6.07) is 4.61. The Kier molecular flexibility index (Phi) is 4.63. The third-order valence-corrected chi connectivity index (χ3v) is 4.18. The Labute approximate surface area is 143 Å². The minimum atomic E-state index is -0.702. The van der Waals surface area contributed by atoms with Gasteiger partial charge in [0.15, 0.2) is 0 Å². The molecule has 1 aliphatic heterocycles. The highest BCUT2D eigenvalue weighted by atomic mass is 16.7. The first-order valence-electron chi connectivity index (χ1n) is 7.99. The first-order chi connectivity index (χ1) is 10.8. The molecule has 0 radical (unpaired) electrons. The van der Waals surface area contributed by atoms with Crippen LogP contribution in [0.1, 0.15) is 48.5 Å². The number of carbonyl (C=O) groups excluding carboxylic acids is 1. The molecule has 1 amide bonds. The molecule has 1 aromatic rings. The molecular weight excluding hydrogens is 309 g/mol. The van der Waals surface area contributed by atoms with Crippen LogP contribution in [0.5, 0.6) is 5.75 Å². The summed E-state index contributed by atoms with van der Waals surface area (Å²) < 4.78 is 17.3. The first kappa shape index (κ1) is 18.6. The van der Waals surface area contributed by atoms with E-state index >= 15 is 0 Å². The molecule has 1 aliphatic rings. The molecule has 24 heavy (non-hydrogen) atoms. The van der Waals surface area contributed by atoms with Gasteiger partial charge in [0, 0.05) is 11.2 Å². The van der Waals surface area contributed by atoms with E-state index < -0.39 is 30.0 Å². The van der Waals surface area contributed by atoms with E-state index in [0.29, 0.717) is 11.2 Å². The molecule has 1 heterocycles.